The minimum atomic E-state index is 0.313. The Morgan fingerprint density at radius 3 is 2.89 bits per heavy atom. The molecular weight excluding hydrogens is 242 g/mol. The van der Waals surface area contributed by atoms with Gasteiger partial charge in [0.05, 0.1) is 5.69 Å². The summed E-state index contributed by atoms with van der Waals surface area (Å²) >= 11 is 1.68. The molecule has 96 valence electrons. The highest BCUT2D eigenvalue weighted by molar-refractivity contribution is 7.13. The van der Waals surface area contributed by atoms with Crippen molar-refractivity contribution in [1.29, 1.82) is 0 Å². The van der Waals surface area contributed by atoms with Gasteiger partial charge in [0, 0.05) is 28.9 Å². The lowest BCUT2D eigenvalue weighted by molar-refractivity contribution is 0.561. The molecule has 4 heteroatoms. The van der Waals surface area contributed by atoms with Crippen LogP contribution in [0.15, 0.2) is 23.7 Å². The van der Waals surface area contributed by atoms with Gasteiger partial charge in [-0.3, -0.25) is 4.98 Å². The zero-order valence-electron chi connectivity index (χ0n) is 11.1. The molecule has 2 rings (SSSR count). The summed E-state index contributed by atoms with van der Waals surface area (Å²) in [4.78, 5) is 8.99. The second kappa shape index (κ2) is 6.07. The molecule has 0 amide bonds. The minimum absolute atomic E-state index is 0.313. The second-order valence-electron chi connectivity index (χ2n) is 4.44. The second-order valence-corrected chi connectivity index (χ2v) is 5.30. The van der Waals surface area contributed by atoms with E-state index in [1.165, 1.54) is 0 Å². The fraction of sp³-hybridized carbons (Fsp3) is 0.429. The predicted octanol–water partition coefficient (Wildman–Crippen LogP) is 3.57. The maximum atomic E-state index is 4.68. The summed E-state index contributed by atoms with van der Waals surface area (Å²) in [6.45, 7) is 7.35. The average molecular weight is 261 g/mol. The molecule has 0 spiro atoms. The standard InChI is InChI=1S/C14H19N3S/c1-4-7-15-11(3)13-9-18-14(17-13)12-6-5-10(2)16-8-12/h5-6,8-9,11,15H,4,7H2,1-3H3. The van der Waals surface area contributed by atoms with Gasteiger partial charge in [0.1, 0.15) is 5.01 Å². The maximum absolute atomic E-state index is 4.68. The van der Waals surface area contributed by atoms with Crippen LogP contribution in [0.1, 0.15) is 37.7 Å². The number of nitrogens with one attached hydrogen (secondary N) is 1. The summed E-state index contributed by atoms with van der Waals surface area (Å²) in [5.41, 5.74) is 3.25. The summed E-state index contributed by atoms with van der Waals surface area (Å²) in [5, 5.41) is 6.62. The zero-order valence-corrected chi connectivity index (χ0v) is 11.9. The van der Waals surface area contributed by atoms with E-state index in [2.05, 4.69) is 40.6 Å². The van der Waals surface area contributed by atoms with Crippen LogP contribution in [0, 0.1) is 6.92 Å². The van der Waals surface area contributed by atoms with Crippen molar-refractivity contribution in [2.24, 2.45) is 0 Å². The molecule has 0 bridgehead atoms. The van der Waals surface area contributed by atoms with Crippen LogP contribution >= 0.6 is 11.3 Å². The van der Waals surface area contributed by atoms with E-state index in [0.717, 1.165) is 34.9 Å². The largest absolute Gasteiger partial charge is 0.309 e. The van der Waals surface area contributed by atoms with Crippen molar-refractivity contribution in [2.45, 2.75) is 33.2 Å². The summed E-state index contributed by atoms with van der Waals surface area (Å²) in [7, 11) is 0. The smallest absolute Gasteiger partial charge is 0.125 e. The Balaban J connectivity index is 2.12. The van der Waals surface area contributed by atoms with Gasteiger partial charge < -0.3 is 5.32 Å². The third-order valence-electron chi connectivity index (χ3n) is 2.82. The number of thiazole rings is 1. The molecule has 0 aliphatic rings. The van der Waals surface area contributed by atoms with Crippen molar-refractivity contribution < 1.29 is 0 Å². The lowest BCUT2D eigenvalue weighted by Crippen LogP contribution is -2.19. The van der Waals surface area contributed by atoms with E-state index >= 15 is 0 Å². The third-order valence-corrected chi connectivity index (χ3v) is 3.73. The molecule has 2 aromatic heterocycles. The van der Waals surface area contributed by atoms with Gasteiger partial charge in [-0.15, -0.1) is 11.3 Å². The van der Waals surface area contributed by atoms with E-state index in [0.29, 0.717) is 6.04 Å². The Bertz CT molecular complexity index is 490. The highest BCUT2D eigenvalue weighted by Gasteiger charge is 2.10. The number of nitrogens with zero attached hydrogens (tertiary/aromatic N) is 2. The van der Waals surface area contributed by atoms with Crippen LogP contribution in [-0.2, 0) is 0 Å². The summed E-state index contributed by atoms with van der Waals surface area (Å²) in [5.74, 6) is 0. The average Bonchev–Trinajstić information content (AvgIpc) is 2.86. The summed E-state index contributed by atoms with van der Waals surface area (Å²) < 4.78 is 0. The van der Waals surface area contributed by atoms with Crippen LogP contribution in [0.25, 0.3) is 10.6 Å². The zero-order chi connectivity index (χ0) is 13.0. The molecule has 1 unspecified atom stereocenters. The first kappa shape index (κ1) is 13.2. The summed E-state index contributed by atoms with van der Waals surface area (Å²) in [6.07, 6.45) is 3.03. The fourth-order valence-corrected chi connectivity index (χ4v) is 2.58. The van der Waals surface area contributed by atoms with Crippen LogP contribution in [0.2, 0.25) is 0 Å². The molecule has 2 heterocycles. The van der Waals surface area contributed by atoms with Crippen molar-refractivity contribution in [3.8, 4) is 10.6 Å². The lowest BCUT2D eigenvalue weighted by atomic mass is 10.2. The van der Waals surface area contributed by atoms with Gasteiger partial charge in [0.2, 0.25) is 0 Å². The number of hydrogen-bond acceptors (Lipinski definition) is 4. The van der Waals surface area contributed by atoms with Gasteiger partial charge in [-0.05, 0) is 38.9 Å². The van der Waals surface area contributed by atoms with Crippen LogP contribution in [-0.4, -0.2) is 16.5 Å². The van der Waals surface area contributed by atoms with Crippen molar-refractivity contribution in [2.75, 3.05) is 6.54 Å². The van der Waals surface area contributed by atoms with Crippen LogP contribution in [0.4, 0.5) is 0 Å². The van der Waals surface area contributed by atoms with Crippen molar-refractivity contribution in [3.05, 3.63) is 35.1 Å². The molecule has 3 nitrogen and oxygen atoms in total. The van der Waals surface area contributed by atoms with E-state index in [1.54, 1.807) is 11.3 Å². The monoisotopic (exact) mass is 261 g/mol. The van der Waals surface area contributed by atoms with E-state index in [4.69, 9.17) is 0 Å². The summed E-state index contributed by atoms with van der Waals surface area (Å²) in [6, 6.07) is 4.41. The SMILES string of the molecule is CCCNC(C)c1csc(-c2ccc(C)nc2)n1. The maximum Gasteiger partial charge on any atom is 0.125 e. The van der Waals surface area contributed by atoms with Gasteiger partial charge in [-0.1, -0.05) is 6.92 Å². The van der Waals surface area contributed by atoms with Gasteiger partial charge in [-0.2, -0.15) is 0 Å². The first-order chi connectivity index (χ1) is 8.70. The Morgan fingerprint density at radius 2 is 2.22 bits per heavy atom. The first-order valence-electron chi connectivity index (χ1n) is 6.32. The van der Waals surface area contributed by atoms with Crippen LogP contribution in [0.3, 0.4) is 0 Å². The van der Waals surface area contributed by atoms with Crippen molar-refractivity contribution in [3.63, 3.8) is 0 Å². The van der Waals surface area contributed by atoms with E-state index < -0.39 is 0 Å². The number of hydrogen-bond donors (Lipinski definition) is 1. The molecule has 1 atom stereocenters. The number of aromatic nitrogens is 2. The lowest BCUT2D eigenvalue weighted by Gasteiger charge is -2.09. The number of pyridine rings is 1. The van der Waals surface area contributed by atoms with Gasteiger partial charge in [-0.25, -0.2) is 4.98 Å². The van der Waals surface area contributed by atoms with Gasteiger partial charge >= 0.3 is 0 Å². The Morgan fingerprint density at radius 1 is 1.39 bits per heavy atom. The molecule has 0 aromatic carbocycles. The minimum Gasteiger partial charge on any atom is -0.309 e. The Labute approximate surface area is 112 Å². The van der Waals surface area contributed by atoms with E-state index in [-0.39, 0.29) is 0 Å². The number of rotatable bonds is 5. The molecule has 1 N–H and O–H groups in total. The van der Waals surface area contributed by atoms with Gasteiger partial charge in [0.25, 0.3) is 0 Å². The molecule has 0 aliphatic heterocycles. The van der Waals surface area contributed by atoms with Crippen LogP contribution < -0.4 is 5.32 Å². The third kappa shape index (κ3) is 3.15. The quantitative estimate of drug-likeness (QED) is 0.894. The molecule has 2 aromatic rings. The fourth-order valence-electron chi connectivity index (χ4n) is 1.68. The molecule has 0 aliphatic carbocycles. The normalized spacial score (nSPS) is 12.6. The van der Waals surface area contributed by atoms with Gasteiger partial charge in [0.15, 0.2) is 0 Å². The van der Waals surface area contributed by atoms with Crippen molar-refractivity contribution in [1.82, 2.24) is 15.3 Å². The van der Waals surface area contributed by atoms with Crippen molar-refractivity contribution >= 4 is 11.3 Å². The highest BCUT2D eigenvalue weighted by atomic mass is 32.1. The first-order valence-corrected chi connectivity index (χ1v) is 7.20. The molecule has 18 heavy (non-hydrogen) atoms. The molecule has 0 saturated heterocycles. The Hall–Kier alpha value is -1.26. The number of aryl methyl sites for hydroxylation is 1. The van der Waals surface area contributed by atoms with E-state index in [1.807, 2.05) is 19.2 Å². The topological polar surface area (TPSA) is 37.8 Å². The molecule has 0 saturated carbocycles. The molecular formula is C14H19N3S. The predicted molar refractivity (Wildman–Crippen MR) is 76.8 cm³/mol. The molecule has 0 radical (unpaired) electrons. The van der Waals surface area contributed by atoms with Crippen LogP contribution in [0.5, 0.6) is 0 Å². The molecule has 0 fully saturated rings. The highest BCUT2D eigenvalue weighted by Crippen LogP contribution is 2.25. The van der Waals surface area contributed by atoms with E-state index in [9.17, 15) is 0 Å². The Kier molecular flexibility index (Phi) is 4.44.